The molecule has 0 saturated heterocycles. The van der Waals surface area contributed by atoms with Crippen LogP contribution in [-0.2, 0) is 0 Å². The summed E-state index contributed by atoms with van der Waals surface area (Å²) in [5.74, 6) is 0.737. The molecule has 1 N–H and O–H groups in total. The van der Waals surface area contributed by atoms with Crippen LogP contribution in [0.15, 0.2) is 22.7 Å². The molecule has 0 radical (unpaired) electrons. The first-order valence-corrected chi connectivity index (χ1v) is 6.20. The number of halogens is 2. The van der Waals surface area contributed by atoms with Gasteiger partial charge in [0.2, 0.25) is 0 Å². The number of nitrogens with one attached hydrogen (secondary N) is 1. The van der Waals surface area contributed by atoms with Crippen molar-refractivity contribution in [2.24, 2.45) is 0 Å². The van der Waals surface area contributed by atoms with Crippen molar-refractivity contribution in [1.82, 2.24) is 5.32 Å². The van der Waals surface area contributed by atoms with Gasteiger partial charge in [0, 0.05) is 16.1 Å². The van der Waals surface area contributed by atoms with Gasteiger partial charge < -0.3 is 10.1 Å². The van der Waals surface area contributed by atoms with Crippen LogP contribution in [0.25, 0.3) is 0 Å². The van der Waals surface area contributed by atoms with Crippen molar-refractivity contribution >= 4 is 15.9 Å². The summed E-state index contributed by atoms with van der Waals surface area (Å²) in [5.41, 5.74) is 1.05. The van der Waals surface area contributed by atoms with Crippen LogP contribution in [0.2, 0.25) is 0 Å². The fourth-order valence-electron chi connectivity index (χ4n) is 1.56. The third-order valence-corrected chi connectivity index (χ3v) is 2.78. The number of rotatable bonds is 6. The van der Waals surface area contributed by atoms with Crippen molar-refractivity contribution < 1.29 is 9.13 Å². The molecule has 2 nitrogen and oxygen atoms in total. The standard InChI is InChI=1S/C12H17BrFNO/c1-3-15-9(2)11-5-4-10(13)8-12(11)16-7-6-14/h4-5,8-9,15H,3,6-7H2,1-2H3. The second-order valence-electron chi connectivity index (χ2n) is 3.50. The SMILES string of the molecule is CCNC(C)c1ccc(Br)cc1OCCF. The van der Waals surface area contributed by atoms with E-state index in [-0.39, 0.29) is 12.6 Å². The Kier molecular flexibility index (Phi) is 5.77. The van der Waals surface area contributed by atoms with E-state index in [0.29, 0.717) is 0 Å². The Morgan fingerprint density at radius 3 is 2.88 bits per heavy atom. The molecule has 16 heavy (non-hydrogen) atoms. The van der Waals surface area contributed by atoms with Gasteiger partial charge in [-0.15, -0.1) is 0 Å². The van der Waals surface area contributed by atoms with Gasteiger partial charge in [0.05, 0.1) is 0 Å². The molecule has 0 aliphatic rings. The van der Waals surface area contributed by atoms with Gasteiger partial charge in [-0.25, -0.2) is 4.39 Å². The molecule has 0 fully saturated rings. The first kappa shape index (κ1) is 13.5. The van der Waals surface area contributed by atoms with E-state index in [1.165, 1.54) is 0 Å². The monoisotopic (exact) mass is 289 g/mol. The summed E-state index contributed by atoms with van der Waals surface area (Å²) in [5, 5.41) is 3.31. The van der Waals surface area contributed by atoms with Crippen molar-refractivity contribution in [2.45, 2.75) is 19.9 Å². The van der Waals surface area contributed by atoms with Crippen LogP contribution < -0.4 is 10.1 Å². The minimum absolute atomic E-state index is 0.0995. The molecule has 1 aromatic carbocycles. The molecule has 0 bridgehead atoms. The molecule has 0 aliphatic heterocycles. The molecule has 1 rings (SSSR count). The van der Waals surface area contributed by atoms with Gasteiger partial charge >= 0.3 is 0 Å². The summed E-state index contributed by atoms with van der Waals surface area (Å²) in [6.45, 7) is 4.64. The Labute approximate surface area is 104 Å². The maximum absolute atomic E-state index is 12.1. The van der Waals surface area contributed by atoms with Gasteiger partial charge in [0.15, 0.2) is 0 Å². The van der Waals surface area contributed by atoms with Gasteiger partial charge in [0.25, 0.3) is 0 Å². The minimum Gasteiger partial charge on any atom is -0.490 e. The minimum atomic E-state index is -0.471. The summed E-state index contributed by atoms with van der Waals surface area (Å²) in [7, 11) is 0. The predicted octanol–water partition coefficient (Wildman–Crippen LogP) is 3.47. The second kappa shape index (κ2) is 6.86. The fourth-order valence-corrected chi connectivity index (χ4v) is 1.90. The molecule has 1 unspecified atom stereocenters. The molecular weight excluding hydrogens is 273 g/mol. The van der Waals surface area contributed by atoms with E-state index in [1.54, 1.807) is 0 Å². The Bertz CT molecular complexity index is 333. The van der Waals surface area contributed by atoms with Crippen molar-refractivity contribution in [1.29, 1.82) is 0 Å². The van der Waals surface area contributed by atoms with E-state index in [9.17, 15) is 4.39 Å². The summed E-state index contributed by atoms with van der Waals surface area (Å²) >= 11 is 3.38. The van der Waals surface area contributed by atoms with Crippen molar-refractivity contribution in [3.05, 3.63) is 28.2 Å². The van der Waals surface area contributed by atoms with Crippen LogP contribution in [0.1, 0.15) is 25.5 Å². The van der Waals surface area contributed by atoms with Crippen molar-refractivity contribution in [3.63, 3.8) is 0 Å². The largest absolute Gasteiger partial charge is 0.490 e. The fraction of sp³-hybridized carbons (Fsp3) is 0.500. The highest BCUT2D eigenvalue weighted by Gasteiger charge is 2.11. The van der Waals surface area contributed by atoms with Gasteiger partial charge in [-0.1, -0.05) is 28.9 Å². The van der Waals surface area contributed by atoms with Crippen LogP contribution in [0.4, 0.5) is 4.39 Å². The summed E-state index contributed by atoms with van der Waals surface area (Å²) < 4.78 is 18.4. The summed E-state index contributed by atoms with van der Waals surface area (Å²) in [6, 6.07) is 6.03. The first-order chi connectivity index (χ1) is 7.69. The highest BCUT2D eigenvalue weighted by molar-refractivity contribution is 9.10. The lowest BCUT2D eigenvalue weighted by molar-refractivity contribution is 0.269. The third-order valence-electron chi connectivity index (χ3n) is 2.29. The van der Waals surface area contributed by atoms with E-state index >= 15 is 0 Å². The van der Waals surface area contributed by atoms with Gasteiger partial charge in [-0.3, -0.25) is 0 Å². The number of hydrogen-bond donors (Lipinski definition) is 1. The number of ether oxygens (including phenoxy) is 1. The normalized spacial score (nSPS) is 12.5. The zero-order chi connectivity index (χ0) is 12.0. The quantitative estimate of drug-likeness (QED) is 0.866. The number of benzene rings is 1. The lowest BCUT2D eigenvalue weighted by Gasteiger charge is -2.17. The Hall–Kier alpha value is -0.610. The van der Waals surface area contributed by atoms with E-state index in [1.807, 2.05) is 18.2 Å². The van der Waals surface area contributed by atoms with Crippen molar-refractivity contribution in [2.75, 3.05) is 19.8 Å². The van der Waals surface area contributed by atoms with Crippen LogP contribution in [-0.4, -0.2) is 19.8 Å². The molecule has 1 aromatic rings. The van der Waals surface area contributed by atoms with Crippen molar-refractivity contribution in [3.8, 4) is 5.75 Å². The molecule has 0 aromatic heterocycles. The Balaban J connectivity index is 2.88. The third kappa shape index (κ3) is 3.76. The highest BCUT2D eigenvalue weighted by atomic mass is 79.9. The maximum atomic E-state index is 12.1. The van der Waals surface area contributed by atoms with E-state index in [4.69, 9.17) is 4.74 Å². The van der Waals surface area contributed by atoms with Crippen LogP contribution >= 0.6 is 15.9 Å². The summed E-state index contributed by atoms with van der Waals surface area (Å²) in [6.07, 6.45) is 0. The molecule has 4 heteroatoms. The van der Waals surface area contributed by atoms with Crippen LogP contribution in [0.5, 0.6) is 5.75 Å². The Morgan fingerprint density at radius 2 is 2.25 bits per heavy atom. The average molecular weight is 290 g/mol. The second-order valence-corrected chi connectivity index (χ2v) is 4.41. The summed E-state index contributed by atoms with van der Waals surface area (Å²) in [4.78, 5) is 0. The molecule has 0 saturated carbocycles. The predicted molar refractivity (Wildman–Crippen MR) is 67.7 cm³/mol. The van der Waals surface area contributed by atoms with Crippen LogP contribution in [0.3, 0.4) is 0 Å². The maximum Gasteiger partial charge on any atom is 0.125 e. The lowest BCUT2D eigenvalue weighted by Crippen LogP contribution is -2.18. The molecule has 0 amide bonds. The number of alkyl halides is 1. The zero-order valence-corrected chi connectivity index (χ0v) is 11.2. The smallest absolute Gasteiger partial charge is 0.125 e. The van der Waals surface area contributed by atoms with Gasteiger partial charge in [0.1, 0.15) is 19.0 Å². The number of hydrogen-bond acceptors (Lipinski definition) is 2. The molecule has 0 aliphatic carbocycles. The molecule has 0 heterocycles. The zero-order valence-electron chi connectivity index (χ0n) is 9.59. The average Bonchev–Trinajstić information content (AvgIpc) is 2.26. The molecule has 90 valence electrons. The highest BCUT2D eigenvalue weighted by Crippen LogP contribution is 2.28. The Morgan fingerprint density at radius 1 is 1.50 bits per heavy atom. The molecule has 1 atom stereocenters. The van der Waals surface area contributed by atoms with Crippen LogP contribution in [0, 0.1) is 0 Å². The van der Waals surface area contributed by atoms with Gasteiger partial charge in [-0.05, 0) is 25.6 Å². The van der Waals surface area contributed by atoms with Gasteiger partial charge in [-0.2, -0.15) is 0 Å². The molecular formula is C12H17BrFNO. The molecule has 0 spiro atoms. The van der Waals surface area contributed by atoms with E-state index in [2.05, 4.69) is 35.1 Å². The first-order valence-electron chi connectivity index (χ1n) is 5.40. The van der Waals surface area contributed by atoms with E-state index in [0.717, 1.165) is 22.3 Å². The lowest BCUT2D eigenvalue weighted by atomic mass is 10.1. The van der Waals surface area contributed by atoms with E-state index < -0.39 is 6.67 Å². The topological polar surface area (TPSA) is 21.3 Å².